The van der Waals surface area contributed by atoms with E-state index in [2.05, 4.69) is 17.2 Å². The smallest absolute Gasteiger partial charge is 0.0931 e. The van der Waals surface area contributed by atoms with Crippen molar-refractivity contribution >= 4 is 22.9 Å². The summed E-state index contributed by atoms with van der Waals surface area (Å²) in [7, 11) is 0. The van der Waals surface area contributed by atoms with Gasteiger partial charge >= 0.3 is 0 Å². The Labute approximate surface area is 99.8 Å². The first-order valence-corrected chi connectivity index (χ1v) is 6.05. The molecule has 0 aromatic carbocycles. The van der Waals surface area contributed by atoms with Crippen LogP contribution < -0.4 is 11.1 Å². The maximum absolute atomic E-state index is 5.87. The van der Waals surface area contributed by atoms with Crippen LogP contribution in [0.5, 0.6) is 0 Å². The molecule has 0 spiro atoms. The highest BCUT2D eigenvalue weighted by Gasteiger charge is 2.10. The number of rotatable bonds is 5. The molecule has 1 aromatic heterocycles. The van der Waals surface area contributed by atoms with E-state index in [1.807, 2.05) is 19.1 Å². The van der Waals surface area contributed by atoms with E-state index in [4.69, 9.17) is 17.3 Å². The minimum absolute atomic E-state index is 0.196. The third-order valence-electron chi connectivity index (χ3n) is 1.99. The van der Waals surface area contributed by atoms with Gasteiger partial charge in [0.05, 0.1) is 10.4 Å². The van der Waals surface area contributed by atoms with E-state index in [0.717, 1.165) is 17.3 Å². The van der Waals surface area contributed by atoms with Crippen LogP contribution in [-0.2, 0) is 0 Å². The highest BCUT2D eigenvalue weighted by Crippen LogP contribution is 2.26. The molecule has 0 aliphatic carbocycles. The monoisotopic (exact) mass is 242 g/mol. The minimum Gasteiger partial charge on any atom is -0.329 e. The molecule has 0 aliphatic heterocycles. The van der Waals surface area contributed by atoms with Gasteiger partial charge in [0.2, 0.25) is 0 Å². The van der Waals surface area contributed by atoms with Crippen LogP contribution in [0.15, 0.2) is 12.1 Å². The van der Waals surface area contributed by atoms with Crippen molar-refractivity contribution in [2.24, 2.45) is 5.73 Å². The van der Waals surface area contributed by atoms with E-state index in [1.165, 1.54) is 4.88 Å². The van der Waals surface area contributed by atoms with Gasteiger partial charge in [0.1, 0.15) is 0 Å². The number of halogens is 1. The van der Waals surface area contributed by atoms with Gasteiger partial charge in [0.15, 0.2) is 0 Å². The van der Waals surface area contributed by atoms with Crippen LogP contribution in [0.4, 0.5) is 0 Å². The van der Waals surface area contributed by atoms with Gasteiger partial charge in [-0.2, -0.15) is 0 Å². The predicted molar refractivity (Wildman–Crippen MR) is 67.2 cm³/mol. The molecular weight excluding hydrogens is 228 g/mol. The van der Waals surface area contributed by atoms with Crippen molar-refractivity contribution in [3.63, 3.8) is 0 Å². The van der Waals surface area contributed by atoms with Crippen LogP contribution in [0, 0.1) is 11.8 Å². The van der Waals surface area contributed by atoms with Gasteiger partial charge in [-0.15, -0.1) is 23.2 Å². The van der Waals surface area contributed by atoms with Crippen LogP contribution in [0.2, 0.25) is 4.34 Å². The van der Waals surface area contributed by atoms with E-state index >= 15 is 0 Å². The maximum Gasteiger partial charge on any atom is 0.0931 e. The molecule has 15 heavy (non-hydrogen) atoms. The second-order valence-electron chi connectivity index (χ2n) is 3.06. The summed E-state index contributed by atoms with van der Waals surface area (Å²) in [5, 5.41) is 3.36. The van der Waals surface area contributed by atoms with Gasteiger partial charge in [-0.05, 0) is 19.1 Å². The van der Waals surface area contributed by atoms with Crippen LogP contribution >= 0.6 is 22.9 Å². The van der Waals surface area contributed by atoms with E-state index in [1.54, 1.807) is 11.3 Å². The minimum atomic E-state index is 0.196. The number of nitrogens with one attached hydrogen (secondary N) is 1. The molecule has 4 heteroatoms. The fourth-order valence-corrected chi connectivity index (χ4v) is 2.40. The van der Waals surface area contributed by atoms with Gasteiger partial charge < -0.3 is 11.1 Å². The molecule has 0 amide bonds. The van der Waals surface area contributed by atoms with E-state index < -0.39 is 0 Å². The first kappa shape index (κ1) is 12.5. The summed E-state index contributed by atoms with van der Waals surface area (Å²) in [4.78, 5) is 1.19. The summed E-state index contributed by atoms with van der Waals surface area (Å²) in [6.45, 7) is 3.29. The Kier molecular flexibility index (Phi) is 5.74. The second-order valence-corrected chi connectivity index (χ2v) is 4.81. The van der Waals surface area contributed by atoms with Crippen LogP contribution in [0.1, 0.15) is 24.3 Å². The standard InChI is InChI=1S/C11H15ClN2S/c1-2-3-4-7-14-9(8-13)10-5-6-11(12)15-10/h5-6,9,14H,4,7-8,13H2,1H3. The van der Waals surface area contributed by atoms with Crippen molar-refractivity contribution < 1.29 is 0 Å². The van der Waals surface area contributed by atoms with Crippen molar-refractivity contribution in [1.82, 2.24) is 5.32 Å². The summed E-state index contributed by atoms with van der Waals surface area (Å²) >= 11 is 7.44. The molecule has 1 heterocycles. The van der Waals surface area contributed by atoms with Crippen LogP contribution in [-0.4, -0.2) is 13.1 Å². The van der Waals surface area contributed by atoms with Crippen molar-refractivity contribution in [3.8, 4) is 11.8 Å². The third-order valence-corrected chi connectivity index (χ3v) is 3.34. The molecule has 1 rings (SSSR count). The molecule has 3 N–H and O–H groups in total. The molecule has 0 fully saturated rings. The highest BCUT2D eigenvalue weighted by atomic mass is 35.5. The highest BCUT2D eigenvalue weighted by molar-refractivity contribution is 7.16. The van der Waals surface area contributed by atoms with Crippen molar-refractivity contribution in [2.45, 2.75) is 19.4 Å². The number of thiophene rings is 1. The molecule has 1 atom stereocenters. The lowest BCUT2D eigenvalue weighted by atomic mass is 10.2. The Morgan fingerprint density at radius 2 is 2.40 bits per heavy atom. The van der Waals surface area contributed by atoms with Gasteiger partial charge in [-0.25, -0.2) is 0 Å². The summed E-state index contributed by atoms with van der Waals surface area (Å²) in [6.07, 6.45) is 0.853. The maximum atomic E-state index is 5.87. The molecule has 0 aliphatic rings. The molecule has 0 saturated carbocycles. The fourth-order valence-electron chi connectivity index (χ4n) is 1.25. The molecule has 1 aromatic rings. The molecule has 0 radical (unpaired) electrons. The summed E-state index contributed by atoms with van der Waals surface area (Å²) in [6, 6.07) is 4.11. The zero-order valence-corrected chi connectivity index (χ0v) is 10.3. The van der Waals surface area contributed by atoms with Crippen LogP contribution in [0.25, 0.3) is 0 Å². The first-order chi connectivity index (χ1) is 7.27. The summed E-state index contributed by atoms with van der Waals surface area (Å²) in [5.74, 6) is 5.87. The van der Waals surface area contributed by atoms with E-state index in [-0.39, 0.29) is 6.04 Å². The largest absolute Gasteiger partial charge is 0.329 e. The van der Waals surface area contributed by atoms with Crippen LogP contribution in [0.3, 0.4) is 0 Å². The zero-order chi connectivity index (χ0) is 11.1. The summed E-state index contributed by atoms with van der Waals surface area (Å²) < 4.78 is 0.804. The Morgan fingerprint density at radius 3 is 2.93 bits per heavy atom. The molecule has 2 nitrogen and oxygen atoms in total. The third kappa shape index (κ3) is 4.23. The Morgan fingerprint density at radius 1 is 1.60 bits per heavy atom. The van der Waals surface area contributed by atoms with Gasteiger partial charge in [0, 0.05) is 24.4 Å². The Hall–Kier alpha value is -0.530. The number of nitrogens with two attached hydrogens (primary N) is 1. The number of hydrogen-bond donors (Lipinski definition) is 2. The topological polar surface area (TPSA) is 38.0 Å². The quantitative estimate of drug-likeness (QED) is 0.615. The SMILES string of the molecule is CC#CCCNC(CN)c1ccc(Cl)s1. The lowest BCUT2D eigenvalue weighted by Gasteiger charge is -2.13. The predicted octanol–water partition coefficient (Wildman–Crippen LogP) is 2.40. The van der Waals surface area contributed by atoms with E-state index in [0.29, 0.717) is 6.54 Å². The van der Waals surface area contributed by atoms with Gasteiger partial charge in [-0.1, -0.05) is 11.6 Å². The van der Waals surface area contributed by atoms with Gasteiger partial charge in [-0.3, -0.25) is 0 Å². The lowest BCUT2D eigenvalue weighted by molar-refractivity contribution is 0.558. The molecule has 0 bridgehead atoms. The normalized spacial score (nSPS) is 11.9. The van der Waals surface area contributed by atoms with Crippen molar-refractivity contribution in [1.29, 1.82) is 0 Å². The van der Waals surface area contributed by atoms with Crippen molar-refractivity contribution in [3.05, 3.63) is 21.3 Å². The average Bonchev–Trinajstić information content (AvgIpc) is 2.65. The molecule has 1 unspecified atom stereocenters. The van der Waals surface area contributed by atoms with E-state index in [9.17, 15) is 0 Å². The Bertz CT molecular complexity index is 351. The van der Waals surface area contributed by atoms with Gasteiger partial charge in [0.25, 0.3) is 0 Å². The molecular formula is C11H15ClN2S. The molecule has 0 saturated heterocycles. The fraction of sp³-hybridized carbons (Fsp3) is 0.455. The Balaban J connectivity index is 2.44. The first-order valence-electron chi connectivity index (χ1n) is 4.86. The number of hydrogen-bond acceptors (Lipinski definition) is 3. The lowest BCUT2D eigenvalue weighted by Crippen LogP contribution is -2.28. The molecule has 82 valence electrons. The second kappa shape index (κ2) is 6.86. The average molecular weight is 243 g/mol. The zero-order valence-electron chi connectivity index (χ0n) is 8.72. The summed E-state index contributed by atoms with van der Waals surface area (Å²) in [5.41, 5.74) is 5.69. The van der Waals surface area contributed by atoms with Crippen molar-refractivity contribution in [2.75, 3.05) is 13.1 Å².